The smallest absolute Gasteiger partial charge is 0.343 e. The second-order valence-corrected chi connectivity index (χ2v) is 6.56. The molecule has 1 N–H and O–H groups in total. The van der Waals surface area contributed by atoms with Gasteiger partial charge in [-0.2, -0.15) is 5.10 Å². The second-order valence-electron chi connectivity index (χ2n) is 6.13. The SMILES string of the molecule is CCOc1ccc(C(=O)Oc2ccc(/C=N/NC(=O)c3cccc(Cl)c3)cc2)cc1. The van der Waals surface area contributed by atoms with Crippen molar-refractivity contribution in [2.24, 2.45) is 5.10 Å². The molecule has 30 heavy (non-hydrogen) atoms. The molecule has 0 heterocycles. The molecule has 0 saturated heterocycles. The van der Waals surface area contributed by atoms with Crippen LogP contribution in [0.2, 0.25) is 5.02 Å². The van der Waals surface area contributed by atoms with Crippen LogP contribution in [0.15, 0.2) is 77.9 Å². The highest BCUT2D eigenvalue weighted by molar-refractivity contribution is 6.30. The first-order chi connectivity index (χ1) is 14.5. The van der Waals surface area contributed by atoms with E-state index in [2.05, 4.69) is 10.5 Å². The lowest BCUT2D eigenvalue weighted by molar-refractivity contribution is 0.0734. The topological polar surface area (TPSA) is 77.0 Å². The summed E-state index contributed by atoms with van der Waals surface area (Å²) in [6.07, 6.45) is 1.49. The van der Waals surface area contributed by atoms with Gasteiger partial charge in [-0.05, 0) is 79.2 Å². The molecule has 0 atom stereocenters. The lowest BCUT2D eigenvalue weighted by Crippen LogP contribution is -2.17. The van der Waals surface area contributed by atoms with Crippen molar-refractivity contribution in [3.8, 4) is 11.5 Å². The van der Waals surface area contributed by atoms with Gasteiger partial charge in [0.25, 0.3) is 5.91 Å². The normalized spacial score (nSPS) is 10.6. The van der Waals surface area contributed by atoms with Crippen molar-refractivity contribution in [3.05, 3.63) is 94.5 Å². The molecule has 0 aliphatic heterocycles. The quantitative estimate of drug-likeness (QED) is 0.258. The molecule has 0 saturated carbocycles. The lowest BCUT2D eigenvalue weighted by atomic mass is 10.2. The van der Waals surface area contributed by atoms with Crippen LogP contribution in [0.25, 0.3) is 0 Å². The van der Waals surface area contributed by atoms with E-state index in [0.717, 1.165) is 5.56 Å². The first kappa shape index (κ1) is 21.1. The Morgan fingerprint density at radius 1 is 0.967 bits per heavy atom. The number of amides is 1. The molecule has 0 bridgehead atoms. The highest BCUT2D eigenvalue weighted by Gasteiger charge is 2.09. The number of rotatable bonds is 7. The van der Waals surface area contributed by atoms with Crippen LogP contribution in [0, 0.1) is 0 Å². The molecular weight excluding hydrogens is 404 g/mol. The van der Waals surface area contributed by atoms with Crippen molar-refractivity contribution < 1.29 is 19.1 Å². The van der Waals surface area contributed by atoms with Crippen molar-refractivity contribution in [1.29, 1.82) is 0 Å². The van der Waals surface area contributed by atoms with E-state index in [-0.39, 0.29) is 5.91 Å². The van der Waals surface area contributed by atoms with Crippen molar-refractivity contribution in [3.63, 3.8) is 0 Å². The zero-order valence-corrected chi connectivity index (χ0v) is 16.9. The predicted molar refractivity (Wildman–Crippen MR) is 116 cm³/mol. The van der Waals surface area contributed by atoms with E-state index >= 15 is 0 Å². The molecule has 0 spiro atoms. The van der Waals surface area contributed by atoms with Gasteiger partial charge in [0.15, 0.2) is 0 Å². The Labute approximate surface area is 179 Å². The van der Waals surface area contributed by atoms with Crippen LogP contribution in [0.3, 0.4) is 0 Å². The number of nitrogens with zero attached hydrogens (tertiary/aromatic N) is 1. The second kappa shape index (κ2) is 10.2. The maximum absolute atomic E-state index is 12.2. The number of hydrazone groups is 1. The summed E-state index contributed by atoms with van der Waals surface area (Å²) >= 11 is 5.87. The van der Waals surface area contributed by atoms with Crippen LogP contribution in [-0.2, 0) is 0 Å². The molecule has 6 nitrogen and oxygen atoms in total. The first-order valence-corrected chi connectivity index (χ1v) is 9.57. The van der Waals surface area contributed by atoms with E-state index in [1.165, 1.54) is 6.21 Å². The summed E-state index contributed by atoms with van der Waals surface area (Å²) < 4.78 is 10.7. The fraction of sp³-hybridized carbons (Fsp3) is 0.0870. The van der Waals surface area contributed by atoms with Crippen molar-refractivity contribution >= 4 is 29.7 Å². The Bertz CT molecular complexity index is 1050. The Morgan fingerprint density at radius 3 is 2.33 bits per heavy atom. The van der Waals surface area contributed by atoms with Gasteiger partial charge in [0.05, 0.1) is 18.4 Å². The third-order valence-corrected chi connectivity index (χ3v) is 4.19. The van der Waals surface area contributed by atoms with Gasteiger partial charge in [-0.3, -0.25) is 4.79 Å². The predicted octanol–water partition coefficient (Wildman–Crippen LogP) is 4.72. The average molecular weight is 423 g/mol. The minimum atomic E-state index is -0.465. The molecule has 1 amide bonds. The van der Waals surface area contributed by atoms with Gasteiger partial charge in [-0.15, -0.1) is 0 Å². The van der Waals surface area contributed by atoms with Crippen LogP contribution in [0.5, 0.6) is 11.5 Å². The van der Waals surface area contributed by atoms with Gasteiger partial charge in [-0.1, -0.05) is 17.7 Å². The Hall–Kier alpha value is -3.64. The van der Waals surface area contributed by atoms with Gasteiger partial charge < -0.3 is 9.47 Å². The minimum Gasteiger partial charge on any atom is -0.494 e. The highest BCUT2D eigenvalue weighted by Crippen LogP contribution is 2.16. The van der Waals surface area contributed by atoms with Crippen molar-refractivity contribution in [1.82, 2.24) is 5.43 Å². The van der Waals surface area contributed by atoms with Gasteiger partial charge in [-0.25, -0.2) is 10.2 Å². The molecule has 0 radical (unpaired) electrons. The van der Waals surface area contributed by atoms with E-state index in [1.54, 1.807) is 72.8 Å². The van der Waals surface area contributed by atoms with E-state index in [4.69, 9.17) is 21.1 Å². The molecule has 3 aromatic carbocycles. The minimum absolute atomic E-state index is 0.366. The fourth-order valence-electron chi connectivity index (χ4n) is 2.50. The summed E-state index contributed by atoms with van der Waals surface area (Å²) in [5.41, 5.74) is 3.99. The molecule has 0 aliphatic carbocycles. The van der Waals surface area contributed by atoms with Crippen LogP contribution in [-0.4, -0.2) is 24.7 Å². The molecule has 152 valence electrons. The monoisotopic (exact) mass is 422 g/mol. The highest BCUT2D eigenvalue weighted by atomic mass is 35.5. The van der Waals surface area contributed by atoms with Crippen LogP contribution >= 0.6 is 11.6 Å². The summed E-state index contributed by atoms with van der Waals surface area (Å²) in [7, 11) is 0. The van der Waals surface area contributed by atoms with E-state index < -0.39 is 5.97 Å². The third-order valence-electron chi connectivity index (χ3n) is 3.96. The van der Waals surface area contributed by atoms with Crippen LogP contribution in [0.1, 0.15) is 33.2 Å². The van der Waals surface area contributed by atoms with Gasteiger partial charge in [0, 0.05) is 10.6 Å². The molecule has 0 aromatic heterocycles. The number of carbonyl (C=O) groups is 2. The zero-order chi connectivity index (χ0) is 21.3. The summed E-state index contributed by atoms with van der Waals surface area (Å²) in [4.78, 5) is 24.2. The maximum Gasteiger partial charge on any atom is 0.343 e. The first-order valence-electron chi connectivity index (χ1n) is 9.19. The number of nitrogens with one attached hydrogen (secondary N) is 1. The fourth-order valence-corrected chi connectivity index (χ4v) is 2.69. The molecule has 3 rings (SSSR count). The standard InChI is InChI=1S/C23H19ClN2O4/c1-2-29-20-12-8-17(9-13-20)23(28)30-21-10-6-16(7-11-21)15-25-26-22(27)18-4-3-5-19(24)14-18/h3-15H,2H2,1H3,(H,26,27)/b25-15+. The van der Waals surface area contributed by atoms with Gasteiger partial charge in [0.1, 0.15) is 11.5 Å². The number of benzene rings is 3. The molecule has 0 unspecified atom stereocenters. The van der Waals surface area contributed by atoms with Crippen LogP contribution in [0.4, 0.5) is 0 Å². The molecule has 3 aromatic rings. The molecule has 7 heteroatoms. The Morgan fingerprint density at radius 2 is 1.67 bits per heavy atom. The average Bonchev–Trinajstić information content (AvgIpc) is 2.75. The van der Waals surface area contributed by atoms with Crippen molar-refractivity contribution in [2.75, 3.05) is 6.61 Å². The third kappa shape index (κ3) is 5.93. The summed E-state index contributed by atoms with van der Waals surface area (Å²) in [5, 5.41) is 4.40. The Balaban J connectivity index is 1.54. The largest absolute Gasteiger partial charge is 0.494 e. The lowest BCUT2D eigenvalue weighted by Gasteiger charge is -2.06. The van der Waals surface area contributed by atoms with E-state index in [1.807, 2.05) is 6.92 Å². The van der Waals surface area contributed by atoms with E-state index in [0.29, 0.717) is 34.3 Å². The van der Waals surface area contributed by atoms with Crippen molar-refractivity contribution in [2.45, 2.75) is 6.92 Å². The number of hydrogen-bond acceptors (Lipinski definition) is 5. The Kier molecular flexibility index (Phi) is 7.19. The van der Waals surface area contributed by atoms with Gasteiger partial charge >= 0.3 is 5.97 Å². The number of hydrogen-bond donors (Lipinski definition) is 1. The number of halogens is 1. The number of ether oxygens (including phenoxy) is 2. The summed E-state index contributed by atoms with van der Waals surface area (Å²) in [6.45, 7) is 2.45. The van der Waals surface area contributed by atoms with E-state index in [9.17, 15) is 9.59 Å². The number of esters is 1. The summed E-state index contributed by atoms with van der Waals surface area (Å²) in [6, 6.07) is 20.0. The molecule has 0 fully saturated rings. The van der Waals surface area contributed by atoms with Crippen LogP contribution < -0.4 is 14.9 Å². The summed E-state index contributed by atoms with van der Waals surface area (Å²) in [5.74, 6) is 0.261. The molecule has 0 aliphatic rings. The molecular formula is C23H19ClN2O4. The maximum atomic E-state index is 12.2. The zero-order valence-electron chi connectivity index (χ0n) is 16.2. The number of carbonyl (C=O) groups excluding carboxylic acids is 2. The van der Waals surface area contributed by atoms with Gasteiger partial charge in [0.2, 0.25) is 0 Å².